The largest absolute Gasteiger partial charge is 0.303 e. The molecule has 0 aromatic heterocycles. The van der Waals surface area contributed by atoms with Crippen LogP contribution in [0.4, 0.5) is 0 Å². The van der Waals surface area contributed by atoms with Crippen molar-refractivity contribution in [3.8, 4) is 0 Å². The topological polar surface area (TPSA) is 57.7 Å². The smallest absolute Gasteiger partial charge is 0.216 e. The van der Waals surface area contributed by atoms with Crippen LogP contribution in [0, 0.1) is 0 Å². The van der Waals surface area contributed by atoms with Gasteiger partial charge in [-0.1, -0.05) is 66.7 Å². The molecule has 2 aromatic carbocycles. The Morgan fingerprint density at radius 1 is 1.05 bits per heavy atom. The van der Waals surface area contributed by atoms with Crippen LogP contribution in [0.1, 0.15) is 68.4 Å². The quantitative estimate of drug-likeness (QED) is 0.363. The van der Waals surface area contributed by atoms with Gasteiger partial charge in [-0.05, 0) is 87.0 Å². The number of fused-ring (bicyclic) bond motifs is 2. The lowest BCUT2D eigenvalue weighted by atomic mass is 9.74. The molecule has 2 aromatic rings. The Bertz CT molecular complexity index is 1270. The lowest BCUT2D eigenvalue weighted by molar-refractivity contribution is 0.165. The van der Waals surface area contributed by atoms with E-state index in [2.05, 4.69) is 17.0 Å². The average Bonchev–Trinajstić information content (AvgIpc) is 3.20. The first-order valence-electron chi connectivity index (χ1n) is 13.8. The van der Waals surface area contributed by atoms with Crippen LogP contribution < -0.4 is 0 Å². The van der Waals surface area contributed by atoms with Crippen molar-refractivity contribution >= 4 is 44.0 Å². The van der Waals surface area contributed by atoms with Gasteiger partial charge in [0.25, 0.3) is 0 Å². The first-order chi connectivity index (χ1) is 18.2. The van der Waals surface area contributed by atoms with Crippen molar-refractivity contribution in [1.82, 2.24) is 9.21 Å². The second-order valence-corrected chi connectivity index (χ2v) is 15.9. The molecule has 5 rings (SSSR count). The van der Waals surface area contributed by atoms with Crippen LogP contribution in [0.25, 0.3) is 0 Å². The van der Waals surface area contributed by atoms with Crippen LogP contribution in [0.3, 0.4) is 0 Å². The fraction of sp³-hybridized carbons (Fsp3) is 0.586. The Morgan fingerprint density at radius 2 is 1.76 bits per heavy atom. The van der Waals surface area contributed by atoms with E-state index in [1.54, 1.807) is 11.4 Å². The fourth-order valence-corrected chi connectivity index (χ4v) is 10.6. The molecule has 208 valence electrons. The van der Waals surface area contributed by atoms with Gasteiger partial charge in [0.2, 0.25) is 10.0 Å². The Kier molecular flexibility index (Phi) is 8.93. The lowest BCUT2D eigenvalue weighted by Gasteiger charge is -2.40. The second-order valence-electron chi connectivity index (χ2n) is 11.4. The molecule has 2 fully saturated rings. The summed E-state index contributed by atoms with van der Waals surface area (Å²) in [6.07, 6.45) is 7.45. The Labute approximate surface area is 240 Å². The summed E-state index contributed by atoms with van der Waals surface area (Å²) >= 11 is 12.6. The van der Waals surface area contributed by atoms with E-state index in [0.717, 1.165) is 87.2 Å². The predicted molar refractivity (Wildman–Crippen MR) is 157 cm³/mol. The van der Waals surface area contributed by atoms with Crippen molar-refractivity contribution in [3.63, 3.8) is 0 Å². The van der Waals surface area contributed by atoms with Crippen molar-refractivity contribution in [2.75, 3.05) is 39.0 Å². The molecular weight excluding hydrogens is 559 g/mol. The molecule has 38 heavy (non-hydrogen) atoms. The molecule has 3 aliphatic rings. The molecule has 0 N–H and O–H groups in total. The van der Waals surface area contributed by atoms with Gasteiger partial charge in [-0.15, -0.1) is 0 Å². The minimum absolute atomic E-state index is 0.0173. The van der Waals surface area contributed by atoms with Crippen LogP contribution in [-0.2, 0) is 26.2 Å². The number of hydrogen-bond donors (Lipinski definition) is 0. The molecule has 1 spiro atoms. The normalized spacial score (nSPS) is 23.1. The summed E-state index contributed by atoms with van der Waals surface area (Å²) in [7, 11) is -2.52. The summed E-state index contributed by atoms with van der Waals surface area (Å²) in [4.78, 5) is 3.50. The highest BCUT2D eigenvalue weighted by atomic mass is 35.5. The van der Waals surface area contributed by atoms with E-state index in [1.165, 1.54) is 5.56 Å². The zero-order valence-electron chi connectivity index (χ0n) is 22.1. The minimum atomic E-state index is -3.34. The average molecular weight is 598 g/mol. The molecule has 1 saturated carbocycles. The summed E-state index contributed by atoms with van der Waals surface area (Å²) in [5.41, 5.74) is 2.33. The summed E-state index contributed by atoms with van der Waals surface area (Å²) in [5, 5.41) is 0.738. The molecule has 2 aliphatic heterocycles. The van der Waals surface area contributed by atoms with Crippen molar-refractivity contribution in [1.29, 1.82) is 0 Å². The van der Waals surface area contributed by atoms with Crippen molar-refractivity contribution in [2.45, 2.75) is 72.8 Å². The molecule has 1 unspecified atom stereocenters. The summed E-state index contributed by atoms with van der Waals surface area (Å²) in [6.45, 7) is 3.22. The van der Waals surface area contributed by atoms with E-state index in [1.807, 2.05) is 30.3 Å². The van der Waals surface area contributed by atoms with Crippen LogP contribution in [0.15, 0.2) is 47.4 Å². The van der Waals surface area contributed by atoms with E-state index in [0.29, 0.717) is 16.6 Å². The van der Waals surface area contributed by atoms with Gasteiger partial charge in [0.1, 0.15) is 0 Å². The summed E-state index contributed by atoms with van der Waals surface area (Å²) in [6, 6.07) is 13.9. The van der Waals surface area contributed by atoms with E-state index in [-0.39, 0.29) is 16.6 Å². The van der Waals surface area contributed by atoms with Crippen LogP contribution in [0.5, 0.6) is 0 Å². The molecule has 0 bridgehead atoms. The van der Waals surface area contributed by atoms with Crippen molar-refractivity contribution in [3.05, 3.63) is 63.6 Å². The maximum absolute atomic E-state index is 13.4. The molecule has 2 heterocycles. The molecular formula is C29H38Cl2N2O3S2. The fourth-order valence-electron chi connectivity index (χ4n) is 6.63. The van der Waals surface area contributed by atoms with E-state index in [9.17, 15) is 12.6 Å². The summed E-state index contributed by atoms with van der Waals surface area (Å²) < 4.78 is 41.1. The standard InChI is InChI=1S/C29H38Cl2N2O3S2/c1-32(38(35,36)24-7-3-2-4-8-24)20-23(22-11-12-26(30)27(31)19-22)13-16-33-17-14-29(15-18-33)21-37(34)28-10-6-5-9-25(28)29/h5-6,9-12,19,23-24H,2-4,7-8,13-18,20-21H2,1H3/t23-,37?/m1/s1. The van der Waals surface area contributed by atoms with E-state index in [4.69, 9.17) is 23.2 Å². The molecule has 9 heteroatoms. The Morgan fingerprint density at radius 3 is 2.47 bits per heavy atom. The van der Waals surface area contributed by atoms with Gasteiger partial charge in [-0.2, -0.15) is 0 Å². The van der Waals surface area contributed by atoms with Crippen molar-refractivity contribution in [2.24, 2.45) is 0 Å². The maximum atomic E-state index is 13.4. The number of sulfonamides is 1. The third kappa shape index (κ3) is 5.89. The van der Waals surface area contributed by atoms with Crippen LogP contribution >= 0.6 is 23.2 Å². The first-order valence-corrected chi connectivity index (χ1v) is 17.4. The molecule has 1 aliphatic carbocycles. The number of likely N-dealkylation sites (tertiary alicyclic amines) is 1. The minimum Gasteiger partial charge on any atom is -0.303 e. The van der Waals surface area contributed by atoms with Crippen molar-refractivity contribution < 1.29 is 12.6 Å². The monoisotopic (exact) mass is 596 g/mol. The maximum Gasteiger partial charge on any atom is 0.216 e. The predicted octanol–water partition coefficient (Wildman–Crippen LogP) is 6.22. The zero-order chi connectivity index (χ0) is 26.9. The number of benzene rings is 2. The Hall–Kier alpha value is -0.960. The molecule has 1 saturated heterocycles. The number of piperidine rings is 1. The highest BCUT2D eigenvalue weighted by Gasteiger charge is 2.44. The second kappa shape index (κ2) is 11.9. The molecule has 0 radical (unpaired) electrons. The number of nitrogens with zero attached hydrogens (tertiary/aromatic N) is 2. The zero-order valence-corrected chi connectivity index (χ0v) is 25.2. The van der Waals surface area contributed by atoms with Gasteiger partial charge in [-0.3, -0.25) is 4.21 Å². The van der Waals surface area contributed by atoms with Crippen LogP contribution in [0.2, 0.25) is 10.0 Å². The van der Waals surface area contributed by atoms with Gasteiger partial charge in [0, 0.05) is 29.7 Å². The van der Waals surface area contributed by atoms with Gasteiger partial charge in [-0.25, -0.2) is 12.7 Å². The number of rotatable bonds is 8. The molecule has 2 atom stereocenters. The summed E-state index contributed by atoms with van der Waals surface area (Å²) in [5.74, 6) is 0.749. The number of hydrogen-bond acceptors (Lipinski definition) is 4. The Balaban J connectivity index is 1.26. The first kappa shape index (κ1) is 28.6. The van der Waals surface area contributed by atoms with Gasteiger partial charge in [0.05, 0.1) is 26.1 Å². The lowest BCUT2D eigenvalue weighted by Crippen LogP contribution is -2.44. The van der Waals surface area contributed by atoms with E-state index < -0.39 is 20.8 Å². The third-order valence-electron chi connectivity index (χ3n) is 9.02. The molecule has 5 nitrogen and oxygen atoms in total. The van der Waals surface area contributed by atoms with Gasteiger partial charge < -0.3 is 4.90 Å². The van der Waals surface area contributed by atoms with Crippen LogP contribution in [-0.4, -0.2) is 66.1 Å². The SMILES string of the molecule is CN(C[C@@H](CCN1CCC2(CC1)CS(=O)c1ccccc12)c1ccc(Cl)c(Cl)c1)S(=O)(=O)C1CCCCC1. The highest BCUT2D eigenvalue weighted by molar-refractivity contribution is 7.89. The number of halogens is 2. The number of likely N-dealkylation sites (N-methyl/N-ethyl adjacent to an activating group) is 1. The third-order valence-corrected chi connectivity index (χ3v) is 13.8. The highest BCUT2D eigenvalue weighted by Crippen LogP contribution is 2.45. The van der Waals surface area contributed by atoms with Gasteiger partial charge in [0.15, 0.2) is 0 Å². The molecule has 0 amide bonds. The van der Waals surface area contributed by atoms with E-state index >= 15 is 0 Å². The van der Waals surface area contributed by atoms with Gasteiger partial charge >= 0.3 is 0 Å².